The van der Waals surface area contributed by atoms with E-state index in [-0.39, 0.29) is 58.7 Å². The Morgan fingerprint density at radius 3 is 2.62 bits per heavy atom. The number of aliphatic hydroxyl groups excluding tert-OH is 5. The molecular formula is C50H56N2O11S2. The first-order valence-corrected chi connectivity index (χ1v) is 25.5. The number of benzene rings is 2. The van der Waals surface area contributed by atoms with Crippen molar-refractivity contribution in [1.29, 1.82) is 0 Å². The first-order chi connectivity index (χ1) is 31.4. The van der Waals surface area contributed by atoms with Gasteiger partial charge in [0, 0.05) is 35.1 Å². The van der Waals surface area contributed by atoms with E-state index in [4.69, 9.17) is 9.47 Å². The third-order valence-electron chi connectivity index (χ3n) is 17.4. The minimum absolute atomic E-state index is 0.0187. The fourth-order valence-electron chi connectivity index (χ4n) is 14.4. The predicted molar refractivity (Wildman–Crippen MR) is 242 cm³/mol. The van der Waals surface area contributed by atoms with E-state index in [0.717, 1.165) is 67.3 Å². The Morgan fingerprint density at radius 1 is 0.969 bits per heavy atom. The second kappa shape index (κ2) is 15.8. The molecule has 12 atom stereocenters. The number of fused-ring (bicyclic) bond motifs is 2. The number of rotatable bonds is 5. The zero-order chi connectivity index (χ0) is 45.1. The van der Waals surface area contributed by atoms with Gasteiger partial charge in [-0.15, -0.1) is 0 Å². The van der Waals surface area contributed by atoms with Gasteiger partial charge in [-0.3, -0.25) is 9.59 Å². The molecule has 1 saturated heterocycles. The summed E-state index contributed by atoms with van der Waals surface area (Å²) >= 11 is 0. The molecule has 15 heteroatoms. The number of ether oxygens (including phenoxy) is 2. The number of carbonyl (C=O) groups is 3. The molecule has 3 spiro atoms. The largest absolute Gasteiger partial charge is 0.511 e. The van der Waals surface area contributed by atoms with E-state index in [0.29, 0.717) is 37.3 Å². The van der Waals surface area contributed by atoms with Crippen molar-refractivity contribution in [3.05, 3.63) is 111 Å². The Morgan fingerprint density at radius 2 is 1.80 bits per heavy atom. The first kappa shape index (κ1) is 43.6. The SMILES string of the molecule is O=C[C@H]1CCC[C@@]12C[C@@H]1CCC3=C4C=C(NCSSC[C@]56C(=O)c7c(cccc7C(=O)[C@H]5C=C(Cc5cccc(CO)c5)C=C6O)O[C@@H]5O[C@@]6(CO)CC[C@H]([C@]41C2)[C@](O)([C@@H]6O)[C@H]5O)NC3. The number of Topliss-reactive ketones (excluding diaryl/α,β-unsaturated/α-hetero) is 2. The number of hydrogen-bond donors (Lipinski definition) is 8. The number of nitrogens with one attached hydrogen (secondary N) is 2. The fraction of sp³-hybridized carbons (Fsp3) is 0.540. The van der Waals surface area contributed by atoms with Crippen molar-refractivity contribution in [1.82, 2.24) is 10.6 Å². The van der Waals surface area contributed by atoms with Gasteiger partial charge in [-0.05, 0) is 115 Å². The average molecular weight is 925 g/mol. The molecule has 2 aromatic carbocycles. The van der Waals surface area contributed by atoms with Crippen LogP contribution < -0.4 is 15.4 Å². The number of dihydropyridines is 1. The van der Waals surface area contributed by atoms with Crippen LogP contribution in [0, 0.1) is 39.9 Å². The van der Waals surface area contributed by atoms with Crippen LogP contribution >= 0.6 is 21.6 Å². The highest BCUT2D eigenvalue weighted by atomic mass is 33.1. The Hall–Kier alpha value is -3.93. The van der Waals surface area contributed by atoms with Crippen molar-refractivity contribution >= 4 is 39.4 Å². The Balaban J connectivity index is 1.05. The van der Waals surface area contributed by atoms with Crippen LogP contribution in [0.3, 0.4) is 0 Å². The summed E-state index contributed by atoms with van der Waals surface area (Å²) in [5.74, 6) is -2.12. The van der Waals surface area contributed by atoms with E-state index < -0.39 is 70.5 Å². The molecular weight excluding hydrogens is 869 g/mol. The molecule has 3 aliphatic heterocycles. The van der Waals surface area contributed by atoms with Crippen LogP contribution in [0.2, 0.25) is 0 Å². The van der Waals surface area contributed by atoms with Gasteiger partial charge in [0.25, 0.3) is 0 Å². The van der Waals surface area contributed by atoms with Crippen molar-refractivity contribution < 1.29 is 54.5 Å². The lowest BCUT2D eigenvalue weighted by atomic mass is 9.47. The maximum Gasteiger partial charge on any atom is 0.229 e. The van der Waals surface area contributed by atoms with Gasteiger partial charge in [-0.2, -0.15) is 0 Å². The maximum atomic E-state index is 15.4. The lowest BCUT2D eigenvalue weighted by Crippen LogP contribution is -2.79. The second-order valence-corrected chi connectivity index (χ2v) is 22.6. The lowest BCUT2D eigenvalue weighted by molar-refractivity contribution is -0.384. The highest BCUT2D eigenvalue weighted by Crippen LogP contribution is 2.73. The van der Waals surface area contributed by atoms with Crippen molar-refractivity contribution in [2.45, 2.75) is 101 Å². The van der Waals surface area contributed by atoms with Gasteiger partial charge >= 0.3 is 0 Å². The standard InChI is InChI=1S/C50H56N2O11S2/c53-21-28-5-1-4-27(14-28)15-29-16-35-41(57)33-7-2-8-36-40(33)42(58)49(35,38(56)17-29)25-64-65-26-52-39-18-34-30(20-51-39)9-10-31-19-46(12-3-6-32(46)22-54)23-48(31,34)37-11-13-47(24-55)45(60)50(37,61)43(59)44(62-36)63-47/h1-2,4-5,7-8,14,16-18,22,31-32,35,37,43-45,51-53,55-56,59-61H,3,6,9-13,15,19-21,23-26H2/t31-,32+,35+,37+,43-,44+,45+,46-,47+,48-,49-,50+/m0/s1. The van der Waals surface area contributed by atoms with E-state index in [2.05, 4.69) is 16.7 Å². The van der Waals surface area contributed by atoms with Crippen LogP contribution in [0.4, 0.5) is 0 Å². The molecule has 3 heterocycles. The fourth-order valence-corrected chi connectivity index (χ4v) is 16.6. The molecule has 9 aliphatic rings. The summed E-state index contributed by atoms with van der Waals surface area (Å²) in [5, 5.41) is 78.9. The Bertz CT molecular complexity index is 2490. The number of allylic oxidation sites excluding steroid dienone is 6. The summed E-state index contributed by atoms with van der Waals surface area (Å²) in [6.45, 7) is -0.288. The van der Waals surface area contributed by atoms with Crippen molar-refractivity contribution in [3.63, 3.8) is 0 Å². The Kier molecular flexibility index (Phi) is 10.6. The number of aliphatic hydroxyl groups is 6. The number of hydrogen-bond acceptors (Lipinski definition) is 15. The van der Waals surface area contributed by atoms with Crippen molar-refractivity contribution in [2.24, 2.45) is 39.9 Å². The van der Waals surface area contributed by atoms with Gasteiger partial charge in [-0.25, -0.2) is 0 Å². The highest BCUT2D eigenvalue weighted by Gasteiger charge is 2.75. The summed E-state index contributed by atoms with van der Waals surface area (Å²) in [6, 6.07) is 12.0. The molecule has 2 aromatic rings. The molecule has 8 N–H and O–H groups in total. The van der Waals surface area contributed by atoms with Crippen LogP contribution in [0.25, 0.3) is 0 Å². The Labute approximate surface area is 385 Å². The third kappa shape index (κ3) is 6.18. The molecule has 0 radical (unpaired) electrons. The van der Waals surface area contributed by atoms with E-state index in [1.807, 2.05) is 24.3 Å². The molecule has 0 unspecified atom stereocenters. The van der Waals surface area contributed by atoms with Gasteiger partial charge in [0.1, 0.15) is 46.6 Å². The first-order valence-electron chi connectivity index (χ1n) is 23.1. The third-order valence-corrected chi connectivity index (χ3v) is 19.6. The van der Waals surface area contributed by atoms with Gasteiger partial charge < -0.3 is 55.5 Å². The van der Waals surface area contributed by atoms with Gasteiger partial charge in [0.05, 0.1) is 36.4 Å². The number of ketones is 2. The average Bonchev–Trinajstić information content (AvgIpc) is 3.88. The van der Waals surface area contributed by atoms with Crippen molar-refractivity contribution in [3.8, 4) is 5.75 Å². The van der Waals surface area contributed by atoms with Crippen LogP contribution in [0.5, 0.6) is 5.75 Å². The molecule has 7 bridgehead atoms. The van der Waals surface area contributed by atoms with E-state index in [1.165, 1.54) is 33.2 Å². The monoisotopic (exact) mass is 924 g/mol. The molecule has 13 nitrogen and oxygen atoms in total. The molecule has 4 fully saturated rings. The predicted octanol–water partition coefficient (Wildman–Crippen LogP) is 4.97. The summed E-state index contributed by atoms with van der Waals surface area (Å²) < 4.78 is 13.0. The molecule has 0 aromatic heterocycles. The minimum atomic E-state index is -2.30. The molecule has 344 valence electrons. The summed E-state index contributed by atoms with van der Waals surface area (Å²) in [4.78, 5) is 43.2. The minimum Gasteiger partial charge on any atom is -0.511 e. The highest BCUT2D eigenvalue weighted by molar-refractivity contribution is 8.76. The maximum absolute atomic E-state index is 15.4. The normalized spacial score (nSPS) is 40.6. The van der Waals surface area contributed by atoms with Crippen LogP contribution in [0.15, 0.2) is 89.0 Å². The summed E-state index contributed by atoms with van der Waals surface area (Å²) in [6.07, 6.45) is 7.59. The summed E-state index contributed by atoms with van der Waals surface area (Å²) in [7, 11) is 2.82. The van der Waals surface area contributed by atoms with Crippen LogP contribution in [-0.2, 0) is 22.6 Å². The zero-order valence-electron chi connectivity index (χ0n) is 36.0. The van der Waals surface area contributed by atoms with Crippen LogP contribution in [-0.4, -0.2) is 103 Å². The molecule has 65 heavy (non-hydrogen) atoms. The number of aldehydes is 1. The second-order valence-electron chi connectivity index (χ2n) is 20.2. The molecule has 11 rings (SSSR count). The lowest BCUT2D eigenvalue weighted by Gasteiger charge is -2.64. The van der Waals surface area contributed by atoms with Gasteiger partial charge in [0.15, 0.2) is 11.6 Å². The van der Waals surface area contributed by atoms with Gasteiger partial charge in [0.2, 0.25) is 6.29 Å². The van der Waals surface area contributed by atoms with E-state index >= 15 is 4.79 Å². The van der Waals surface area contributed by atoms with Crippen LogP contribution in [0.1, 0.15) is 89.6 Å². The molecule has 6 aliphatic carbocycles. The number of carbonyl (C=O) groups excluding carboxylic acids is 3. The zero-order valence-corrected chi connectivity index (χ0v) is 37.7. The van der Waals surface area contributed by atoms with E-state index in [1.54, 1.807) is 24.3 Å². The molecule has 3 saturated carbocycles. The van der Waals surface area contributed by atoms with Crippen molar-refractivity contribution in [2.75, 3.05) is 24.8 Å². The quantitative estimate of drug-likeness (QED) is 0.147. The summed E-state index contributed by atoms with van der Waals surface area (Å²) in [5.41, 5.74) is -2.41. The topological polar surface area (TPSA) is 215 Å². The van der Waals surface area contributed by atoms with E-state index in [9.17, 15) is 40.2 Å². The smallest absolute Gasteiger partial charge is 0.229 e. The molecule has 0 amide bonds. The van der Waals surface area contributed by atoms with Gasteiger partial charge in [-0.1, -0.05) is 70.5 Å².